The Labute approximate surface area is 250 Å². The molecule has 2 N–H and O–H groups in total. The topological polar surface area (TPSA) is 83.0 Å². The molecular weight excluding hydrogens is 545 g/mol. The lowest BCUT2D eigenvalue weighted by molar-refractivity contribution is -0.0134. The second-order valence-electron chi connectivity index (χ2n) is 13.1. The van der Waals surface area contributed by atoms with Crippen molar-refractivity contribution in [3.8, 4) is 22.9 Å². The summed E-state index contributed by atoms with van der Waals surface area (Å²) in [5.74, 6) is 0.403. The van der Waals surface area contributed by atoms with E-state index in [9.17, 15) is 5.11 Å². The van der Waals surface area contributed by atoms with Crippen LogP contribution in [0.25, 0.3) is 32.8 Å². The number of benzene rings is 3. The smallest absolute Gasteiger partial charge is 0.319 e. The molecule has 3 saturated heterocycles. The Balaban J connectivity index is 1.18. The summed E-state index contributed by atoms with van der Waals surface area (Å²) in [4.78, 5) is 14.4. The number of morpholine rings is 1. The molecule has 4 fully saturated rings. The number of nitrogens with zero attached hydrogens (tertiary/aromatic N) is 4. The van der Waals surface area contributed by atoms with Crippen LogP contribution in [-0.4, -0.2) is 84.1 Å². The molecule has 1 aliphatic carbocycles. The molecule has 1 saturated carbocycles. The molecule has 2 unspecified atom stereocenters. The largest absolute Gasteiger partial charge is 0.508 e. The zero-order valence-electron chi connectivity index (χ0n) is 24.6. The van der Waals surface area contributed by atoms with Gasteiger partial charge in [-0.2, -0.15) is 9.97 Å². The van der Waals surface area contributed by atoms with Gasteiger partial charge in [0.05, 0.1) is 19.8 Å². The van der Waals surface area contributed by atoms with Crippen molar-refractivity contribution in [1.29, 1.82) is 0 Å². The first-order valence-corrected chi connectivity index (χ1v) is 15.6. The first-order chi connectivity index (χ1) is 20.9. The summed E-state index contributed by atoms with van der Waals surface area (Å²) < 4.78 is 28.7. The van der Waals surface area contributed by atoms with Crippen molar-refractivity contribution in [2.45, 2.75) is 50.7 Å². The minimum atomic E-state index is -0.428. The van der Waals surface area contributed by atoms with Crippen molar-refractivity contribution in [3.05, 3.63) is 54.3 Å². The fraction of sp³-hybridized carbons (Fsp3) is 0.471. The van der Waals surface area contributed by atoms with Crippen molar-refractivity contribution >= 4 is 27.5 Å². The summed E-state index contributed by atoms with van der Waals surface area (Å²) in [7, 11) is 0. The molecule has 2 bridgehead atoms. The highest BCUT2D eigenvalue weighted by Gasteiger charge is 2.46. The van der Waals surface area contributed by atoms with Gasteiger partial charge in [0.25, 0.3) is 0 Å². The van der Waals surface area contributed by atoms with E-state index >= 15 is 4.39 Å². The average Bonchev–Trinajstić information content (AvgIpc) is 3.70. The van der Waals surface area contributed by atoms with E-state index in [4.69, 9.17) is 19.4 Å². The van der Waals surface area contributed by atoms with Gasteiger partial charge < -0.3 is 24.8 Å². The van der Waals surface area contributed by atoms with Gasteiger partial charge in [-0.25, -0.2) is 4.39 Å². The second-order valence-corrected chi connectivity index (χ2v) is 13.1. The first-order valence-electron chi connectivity index (χ1n) is 15.6. The molecule has 0 spiro atoms. The van der Waals surface area contributed by atoms with Gasteiger partial charge in [-0.15, -0.1) is 0 Å². The van der Waals surface area contributed by atoms with Crippen LogP contribution in [0.2, 0.25) is 0 Å². The number of phenols is 1. The Morgan fingerprint density at radius 1 is 1.05 bits per heavy atom. The molecule has 4 aliphatic rings. The van der Waals surface area contributed by atoms with Crippen molar-refractivity contribution in [1.82, 2.24) is 20.2 Å². The van der Waals surface area contributed by atoms with Crippen LogP contribution in [0, 0.1) is 11.2 Å². The number of hydrogen-bond donors (Lipinski definition) is 2. The maximum Gasteiger partial charge on any atom is 0.319 e. The van der Waals surface area contributed by atoms with E-state index < -0.39 is 5.82 Å². The predicted octanol–water partition coefficient (Wildman–Crippen LogP) is 5.12. The normalized spacial score (nSPS) is 25.0. The van der Waals surface area contributed by atoms with Crippen LogP contribution in [0.3, 0.4) is 0 Å². The molecule has 3 aliphatic heterocycles. The zero-order chi connectivity index (χ0) is 29.1. The summed E-state index contributed by atoms with van der Waals surface area (Å²) in [5, 5.41) is 16.6. The van der Waals surface area contributed by atoms with Crippen LogP contribution in [0.5, 0.6) is 11.8 Å². The van der Waals surface area contributed by atoms with Crippen LogP contribution < -0.4 is 15.0 Å². The van der Waals surface area contributed by atoms with E-state index in [-0.39, 0.29) is 22.7 Å². The molecular formula is C34H38FN5O3. The van der Waals surface area contributed by atoms with Gasteiger partial charge >= 0.3 is 6.01 Å². The van der Waals surface area contributed by atoms with Gasteiger partial charge in [0.2, 0.25) is 0 Å². The molecule has 8 nitrogen and oxygen atoms in total. The number of anilines is 1. The SMILES string of the molecule is C[C@H]1COCCN1CC1(COc2nc(N3CC4CCC(C3)N4)c3ccc(-c4cc(O)cc5ccccc45)c(F)c3n2)CC1. The number of piperazine rings is 1. The molecule has 43 heavy (non-hydrogen) atoms. The Morgan fingerprint density at radius 3 is 2.65 bits per heavy atom. The summed E-state index contributed by atoms with van der Waals surface area (Å²) >= 11 is 0. The van der Waals surface area contributed by atoms with E-state index in [0.717, 1.165) is 81.7 Å². The van der Waals surface area contributed by atoms with E-state index in [2.05, 4.69) is 22.0 Å². The molecule has 0 radical (unpaired) electrons. The van der Waals surface area contributed by atoms with E-state index in [0.29, 0.717) is 41.2 Å². The monoisotopic (exact) mass is 583 g/mol. The highest BCUT2D eigenvalue weighted by Crippen LogP contribution is 2.47. The van der Waals surface area contributed by atoms with Gasteiger partial charge in [-0.3, -0.25) is 4.90 Å². The number of rotatable bonds is 7. The van der Waals surface area contributed by atoms with Crippen molar-refractivity contribution < 1.29 is 19.0 Å². The van der Waals surface area contributed by atoms with Crippen LogP contribution in [0.4, 0.5) is 10.2 Å². The Hall–Kier alpha value is -3.53. The Bertz CT molecular complexity index is 1680. The average molecular weight is 584 g/mol. The van der Waals surface area contributed by atoms with Gasteiger partial charge in [0, 0.05) is 60.7 Å². The highest BCUT2D eigenvalue weighted by atomic mass is 19.1. The number of nitrogens with one attached hydrogen (secondary N) is 1. The van der Waals surface area contributed by atoms with Crippen LogP contribution in [-0.2, 0) is 4.74 Å². The van der Waals surface area contributed by atoms with E-state index in [1.54, 1.807) is 18.2 Å². The Morgan fingerprint density at radius 2 is 1.86 bits per heavy atom. The highest BCUT2D eigenvalue weighted by molar-refractivity contribution is 6.01. The Kier molecular flexibility index (Phi) is 6.65. The lowest BCUT2D eigenvalue weighted by atomic mass is 9.96. The predicted molar refractivity (Wildman–Crippen MR) is 165 cm³/mol. The summed E-state index contributed by atoms with van der Waals surface area (Å²) in [6.07, 6.45) is 4.47. The molecule has 0 amide bonds. The quantitative estimate of drug-likeness (QED) is 0.311. The number of hydrogen-bond acceptors (Lipinski definition) is 8. The maximum atomic E-state index is 16.7. The van der Waals surface area contributed by atoms with E-state index in [1.165, 1.54) is 0 Å². The number of halogens is 1. The molecule has 3 atom stereocenters. The third-order valence-electron chi connectivity index (χ3n) is 9.93. The summed E-state index contributed by atoms with van der Waals surface area (Å²) in [5.41, 5.74) is 1.35. The van der Waals surface area contributed by atoms with Gasteiger partial charge in [0.15, 0.2) is 5.82 Å². The third kappa shape index (κ3) is 5.07. The molecule has 3 aromatic carbocycles. The molecule has 9 heteroatoms. The van der Waals surface area contributed by atoms with Gasteiger partial charge in [-0.1, -0.05) is 30.3 Å². The fourth-order valence-corrected chi connectivity index (χ4v) is 7.30. The molecule has 4 heterocycles. The number of aromatic hydroxyl groups is 1. The minimum absolute atomic E-state index is 0.0686. The van der Waals surface area contributed by atoms with Crippen LogP contribution in [0.1, 0.15) is 32.6 Å². The van der Waals surface area contributed by atoms with Crippen molar-refractivity contribution in [2.75, 3.05) is 50.9 Å². The number of aromatic nitrogens is 2. The lowest BCUT2D eigenvalue weighted by Gasteiger charge is -2.36. The number of fused-ring (bicyclic) bond motifs is 4. The number of phenolic OH excluding ortho intramolecular Hbond substituents is 1. The molecule has 1 aromatic heterocycles. The lowest BCUT2D eigenvalue weighted by Crippen LogP contribution is -2.51. The van der Waals surface area contributed by atoms with Crippen molar-refractivity contribution in [2.24, 2.45) is 5.41 Å². The third-order valence-corrected chi connectivity index (χ3v) is 9.93. The zero-order valence-corrected chi connectivity index (χ0v) is 24.6. The summed E-state index contributed by atoms with van der Waals surface area (Å²) in [6, 6.07) is 16.2. The standard InChI is InChI=1S/C34H38FN5O3/c1-21-18-42-13-12-39(21)19-34(10-11-34)20-43-33-37-31-28(32(38-33)40-16-23-6-7-24(17-40)36-23)9-8-27(30(31)35)29-15-25(41)14-22-4-2-3-5-26(22)29/h2-5,8-9,14-15,21,23-24,36,41H,6-7,10-13,16-20H2,1H3/t21-,23?,24?/m0/s1. The van der Waals surface area contributed by atoms with Gasteiger partial charge in [-0.05, 0) is 67.1 Å². The second kappa shape index (κ2) is 10.6. The number of ether oxygens (including phenoxy) is 2. The van der Waals surface area contributed by atoms with E-state index in [1.807, 2.05) is 30.3 Å². The van der Waals surface area contributed by atoms with Crippen LogP contribution >= 0.6 is 0 Å². The minimum Gasteiger partial charge on any atom is -0.508 e. The fourth-order valence-electron chi connectivity index (χ4n) is 7.30. The maximum absolute atomic E-state index is 16.7. The summed E-state index contributed by atoms with van der Waals surface area (Å²) in [6.45, 7) is 7.78. The van der Waals surface area contributed by atoms with Crippen LogP contribution in [0.15, 0.2) is 48.5 Å². The first kappa shape index (κ1) is 27.0. The van der Waals surface area contributed by atoms with Crippen molar-refractivity contribution in [3.63, 3.8) is 0 Å². The molecule has 224 valence electrons. The molecule has 4 aromatic rings. The molecule has 8 rings (SSSR count). The van der Waals surface area contributed by atoms with Gasteiger partial charge in [0.1, 0.15) is 17.1 Å².